The number of hydrogen-bond acceptors (Lipinski definition) is 5. The van der Waals surface area contributed by atoms with Crippen LogP contribution in [0.15, 0.2) is 41.7 Å². The summed E-state index contributed by atoms with van der Waals surface area (Å²) in [6, 6.07) is 6.95. The molecular formula is C15H24N4O. The summed E-state index contributed by atoms with van der Waals surface area (Å²) in [4.78, 5) is 2.06. The number of benzene rings is 1. The van der Waals surface area contributed by atoms with Gasteiger partial charge in [0.05, 0.1) is 5.70 Å². The van der Waals surface area contributed by atoms with Gasteiger partial charge < -0.3 is 27.2 Å². The van der Waals surface area contributed by atoms with Crippen LogP contribution in [0, 0.1) is 0 Å². The maximum atomic E-state index is 9.83. The first-order valence-corrected chi connectivity index (χ1v) is 6.68. The van der Waals surface area contributed by atoms with Gasteiger partial charge in [-0.1, -0.05) is 12.1 Å². The minimum Gasteiger partial charge on any atom is -0.507 e. The highest BCUT2D eigenvalue weighted by molar-refractivity contribution is 5.69. The molecule has 0 amide bonds. The lowest BCUT2D eigenvalue weighted by Gasteiger charge is -2.25. The molecule has 1 aromatic rings. The zero-order chi connectivity index (χ0) is 15.1. The first-order chi connectivity index (χ1) is 9.51. The molecule has 0 radical (unpaired) electrons. The van der Waals surface area contributed by atoms with Gasteiger partial charge in [-0.3, -0.25) is 0 Å². The van der Waals surface area contributed by atoms with Crippen molar-refractivity contribution in [2.24, 2.45) is 17.2 Å². The van der Waals surface area contributed by atoms with E-state index in [9.17, 15) is 5.11 Å². The predicted molar refractivity (Wildman–Crippen MR) is 83.5 cm³/mol. The summed E-state index contributed by atoms with van der Waals surface area (Å²) in [7, 11) is 0. The SMILES string of the molecule is CCN(CCN)C(/C=C(\N)c1ccccc1O)=C(C)N. The van der Waals surface area contributed by atoms with Crippen molar-refractivity contribution in [1.82, 2.24) is 4.90 Å². The van der Waals surface area contributed by atoms with E-state index in [4.69, 9.17) is 17.2 Å². The van der Waals surface area contributed by atoms with Crippen molar-refractivity contribution in [2.45, 2.75) is 13.8 Å². The number of hydrogen-bond donors (Lipinski definition) is 4. The molecule has 5 heteroatoms. The van der Waals surface area contributed by atoms with Crippen LogP contribution in [0.25, 0.3) is 5.70 Å². The second-order valence-corrected chi connectivity index (χ2v) is 4.55. The molecule has 0 aliphatic heterocycles. The molecule has 1 rings (SSSR count). The van der Waals surface area contributed by atoms with Crippen LogP contribution in [0.2, 0.25) is 0 Å². The number of phenols is 1. The van der Waals surface area contributed by atoms with Crippen LogP contribution in [-0.2, 0) is 0 Å². The van der Waals surface area contributed by atoms with Gasteiger partial charge in [0.25, 0.3) is 0 Å². The number of nitrogens with zero attached hydrogens (tertiary/aromatic N) is 1. The van der Waals surface area contributed by atoms with E-state index in [1.54, 1.807) is 24.3 Å². The van der Waals surface area contributed by atoms with E-state index >= 15 is 0 Å². The number of para-hydroxylation sites is 1. The van der Waals surface area contributed by atoms with Crippen LogP contribution >= 0.6 is 0 Å². The summed E-state index contributed by atoms with van der Waals surface area (Å²) in [6.07, 6.45) is 1.78. The number of nitrogens with two attached hydrogens (primary N) is 3. The second-order valence-electron chi connectivity index (χ2n) is 4.55. The molecule has 0 heterocycles. The molecule has 0 bridgehead atoms. The summed E-state index contributed by atoms with van der Waals surface area (Å²) in [5, 5.41) is 9.83. The Hall–Kier alpha value is -2.14. The Balaban J connectivity index is 3.16. The highest BCUT2D eigenvalue weighted by Gasteiger charge is 2.10. The second kappa shape index (κ2) is 7.45. The average molecular weight is 276 g/mol. The van der Waals surface area contributed by atoms with Gasteiger partial charge >= 0.3 is 0 Å². The van der Waals surface area contributed by atoms with Crippen LogP contribution in [-0.4, -0.2) is 29.6 Å². The normalized spacial score (nSPS) is 13.1. The summed E-state index contributed by atoms with van der Waals surface area (Å²) in [5.41, 5.74) is 20.2. The summed E-state index contributed by atoms with van der Waals surface area (Å²) < 4.78 is 0. The third-order valence-corrected chi connectivity index (χ3v) is 3.03. The van der Waals surface area contributed by atoms with E-state index in [0.717, 1.165) is 12.2 Å². The summed E-state index contributed by atoms with van der Waals surface area (Å²) >= 11 is 0. The molecule has 0 spiro atoms. The molecule has 110 valence electrons. The van der Waals surface area contributed by atoms with Crippen molar-refractivity contribution in [3.63, 3.8) is 0 Å². The lowest BCUT2D eigenvalue weighted by molar-refractivity contribution is 0.379. The molecule has 0 fully saturated rings. The first-order valence-electron chi connectivity index (χ1n) is 6.68. The quantitative estimate of drug-likeness (QED) is 0.584. The standard InChI is InChI=1S/C15H24N4O/c1-3-19(9-8-16)14(11(2)17)10-13(18)12-6-4-5-7-15(12)20/h4-7,10,20H,3,8-9,16-18H2,1-2H3/b13-10-,14-11?. The van der Waals surface area contributed by atoms with Crippen molar-refractivity contribution in [2.75, 3.05) is 19.6 Å². The Labute approximate surface area is 120 Å². The highest BCUT2D eigenvalue weighted by atomic mass is 16.3. The van der Waals surface area contributed by atoms with Crippen molar-refractivity contribution < 1.29 is 5.11 Å². The minimum absolute atomic E-state index is 0.150. The monoisotopic (exact) mass is 276 g/mol. The Kier molecular flexibility index (Phi) is 5.93. The number of rotatable bonds is 6. The van der Waals surface area contributed by atoms with E-state index in [1.807, 2.05) is 19.9 Å². The fourth-order valence-corrected chi connectivity index (χ4v) is 2.00. The van der Waals surface area contributed by atoms with Crippen LogP contribution in [0.5, 0.6) is 5.75 Å². The fourth-order valence-electron chi connectivity index (χ4n) is 2.00. The molecule has 0 aliphatic rings. The maximum Gasteiger partial charge on any atom is 0.124 e. The highest BCUT2D eigenvalue weighted by Crippen LogP contribution is 2.23. The maximum absolute atomic E-state index is 9.83. The van der Waals surface area contributed by atoms with E-state index in [-0.39, 0.29) is 5.75 Å². The average Bonchev–Trinajstić information content (AvgIpc) is 2.42. The van der Waals surface area contributed by atoms with Gasteiger partial charge in [0.1, 0.15) is 5.75 Å². The zero-order valence-electron chi connectivity index (χ0n) is 12.1. The Morgan fingerprint density at radius 1 is 1.30 bits per heavy atom. The zero-order valence-corrected chi connectivity index (χ0v) is 12.1. The molecule has 1 aromatic carbocycles. The molecule has 20 heavy (non-hydrogen) atoms. The first kappa shape index (κ1) is 15.9. The van der Waals surface area contributed by atoms with Gasteiger partial charge in [0, 0.05) is 36.6 Å². The van der Waals surface area contributed by atoms with Crippen molar-refractivity contribution in [3.05, 3.63) is 47.3 Å². The molecule has 5 nitrogen and oxygen atoms in total. The molecule has 7 N–H and O–H groups in total. The Bertz CT molecular complexity index is 504. The van der Waals surface area contributed by atoms with Gasteiger partial charge in [0.15, 0.2) is 0 Å². The molecule has 0 aromatic heterocycles. The summed E-state index contributed by atoms with van der Waals surface area (Å²) in [6.45, 7) is 5.87. The van der Waals surface area contributed by atoms with Gasteiger partial charge in [-0.15, -0.1) is 0 Å². The molecular weight excluding hydrogens is 252 g/mol. The lowest BCUT2D eigenvalue weighted by Crippen LogP contribution is -2.30. The number of phenolic OH excluding ortho intramolecular Hbond substituents is 1. The molecule has 0 saturated heterocycles. The predicted octanol–water partition coefficient (Wildman–Crippen LogP) is 1.16. The third kappa shape index (κ3) is 3.93. The number of aromatic hydroxyl groups is 1. The van der Waals surface area contributed by atoms with Gasteiger partial charge in [-0.05, 0) is 32.1 Å². The van der Waals surface area contributed by atoms with Gasteiger partial charge in [0.2, 0.25) is 0 Å². The topological polar surface area (TPSA) is 102 Å². The van der Waals surface area contributed by atoms with Crippen LogP contribution in [0.3, 0.4) is 0 Å². The molecule has 0 unspecified atom stereocenters. The van der Waals surface area contributed by atoms with Crippen LogP contribution < -0.4 is 17.2 Å². The van der Waals surface area contributed by atoms with E-state index in [1.165, 1.54) is 0 Å². The molecule has 0 saturated carbocycles. The van der Waals surface area contributed by atoms with Crippen molar-refractivity contribution in [1.29, 1.82) is 0 Å². The largest absolute Gasteiger partial charge is 0.507 e. The fraction of sp³-hybridized carbons (Fsp3) is 0.333. The molecule has 0 aliphatic carbocycles. The summed E-state index contributed by atoms with van der Waals surface area (Å²) in [5.74, 6) is 0.150. The van der Waals surface area contributed by atoms with E-state index in [0.29, 0.717) is 30.0 Å². The lowest BCUT2D eigenvalue weighted by atomic mass is 10.1. The van der Waals surface area contributed by atoms with Gasteiger partial charge in [-0.25, -0.2) is 0 Å². The Morgan fingerprint density at radius 2 is 1.95 bits per heavy atom. The smallest absolute Gasteiger partial charge is 0.124 e. The van der Waals surface area contributed by atoms with Crippen molar-refractivity contribution >= 4 is 5.70 Å². The number of allylic oxidation sites excluding steroid dienone is 2. The van der Waals surface area contributed by atoms with Gasteiger partial charge in [-0.2, -0.15) is 0 Å². The Morgan fingerprint density at radius 3 is 2.45 bits per heavy atom. The van der Waals surface area contributed by atoms with Crippen LogP contribution in [0.4, 0.5) is 0 Å². The molecule has 0 atom stereocenters. The van der Waals surface area contributed by atoms with E-state index < -0.39 is 0 Å². The number of likely N-dealkylation sites (N-methyl/N-ethyl adjacent to an activating group) is 1. The van der Waals surface area contributed by atoms with Crippen molar-refractivity contribution in [3.8, 4) is 5.75 Å². The minimum atomic E-state index is 0.150. The van der Waals surface area contributed by atoms with E-state index in [2.05, 4.69) is 4.90 Å². The third-order valence-electron chi connectivity index (χ3n) is 3.03. The van der Waals surface area contributed by atoms with Crippen LogP contribution in [0.1, 0.15) is 19.4 Å².